The molecule has 0 aliphatic carbocycles. The quantitative estimate of drug-likeness (QED) is 0.270. The fraction of sp³-hybridized carbons (Fsp3) is 0.333. The Bertz CT molecular complexity index is 1010. The van der Waals surface area contributed by atoms with Gasteiger partial charge in [0.25, 0.3) is 0 Å². The molecule has 1 atom stereocenters. The Morgan fingerprint density at radius 2 is 1.91 bits per heavy atom. The molecule has 2 aromatic carbocycles. The highest BCUT2D eigenvalue weighted by Gasteiger charge is 2.25. The van der Waals surface area contributed by atoms with Crippen LogP contribution in [-0.2, 0) is 13.1 Å². The van der Waals surface area contributed by atoms with Gasteiger partial charge >= 0.3 is 0 Å². The van der Waals surface area contributed by atoms with Crippen LogP contribution in [0.3, 0.4) is 0 Å². The van der Waals surface area contributed by atoms with Crippen LogP contribution in [0.15, 0.2) is 72.0 Å². The highest BCUT2D eigenvalue weighted by atomic mass is 127. The molecule has 4 rings (SSSR count). The van der Waals surface area contributed by atoms with Crippen LogP contribution in [-0.4, -0.2) is 49.0 Å². The zero-order chi connectivity index (χ0) is 21.5. The summed E-state index contributed by atoms with van der Waals surface area (Å²) in [4.78, 5) is 6.80. The van der Waals surface area contributed by atoms with Crippen molar-refractivity contribution in [1.29, 1.82) is 0 Å². The van der Waals surface area contributed by atoms with Gasteiger partial charge in [-0.2, -0.15) is 5.10 Å². The van der Waals surface area contributed by atoms with E-state index in [2.05, 4.69) is 62.0 Å². The number of hydrogen-bond acceptors (Lipinski definition) is 4. The van der Waals surface area contributed by atoms with Crippen molar-refractivity contribution in [3.63, 3.8) is 0 Å². The Kier molecular flexibility index (Phi) is 8.78. The van der Waals surface area contributed by atoms with Crippen molar-refractivity contribution in [3.8, 4) is 5.75 Å². The number of benzene rings is 2. The number of methoxy groups -OCH3 is 1. The van der Waals surface area contributed by atoms with Crippen LogP contribution in [0.5, 0.6) is 5.75 Å². The van der Waals surface area contributed by atoms with Crippen molar-refractivity contribution in [3.05, 3.63) is 78.1 Å². The van der Waals surface area contributed by atoms with Gasteiger partial charge in [-0.25, -0.2) is 0 Å². The second-order valence-corrected chi connectivity index (χ2v) is 7.65. The summed E-state index contributed by atoms with van der Waals surface area (Å²) >= 11 is 0. The average Bonchev–Trinajstić information content (AvgIpc) is 3.49. The molecule has 0 radical (unpaired) electrons. The number of aliphatic imine (C=N–C) groups is 1. The summed E-state index contributed by atoms with van der Waals surface area (Å²) < 4.78 is 7.47. The zero-order valence-electron chi connectivity index (χ0n) is 18.6. The van der Waals surface area contributed by atoms with Gasteiger partial charge in [0.2, 0.25) is 0 Å². The Morgan fingerprint density at radius 3 is 2.66 bits per heavy atom. The monoisotopic (exact) mass is 546 g/mol. The molecule has 7 nitrogen and oxygen atoms in total. The van der Waals surface area contributed by atoms with Crippen molar-refractivity contribution in [2.24, 2.45) is 4.99 Å². The molecular weight excluding hydrogens is 515 g/mol. The highest BCUT2D eigenvalue weighted by Crippen LogP contribution is 2.30. The third-order valence-electron chi connectivity index (χ3n) is 5.63. The van der Waals surface area contributed by atoms with Gasteiger partial charge in [-0.3, -0.25) is 9.67 Å². The number of guanidine groups is 1. The first kappa shape index (κ1) is 23.9. The molecule has 0 amide bonds. The van der Waals surface area contributed by atoms with E-state index < -0.39 is 0 Å². The van der Waals surface area contributed by atoms with Gasteiger partial charge in [0.15, 0.2) is 5.96 Å². The van der Waals surface area contributed by atoms with E-state index in [1.165, 1.54) is 11.1 Å². The smallest absolute Gasteiger partial charge is 0.191 e. The van der Waals surface area contributed by atoms with Gasteiger partial charge in [0.1, 0.15) is 5.75 Å². The number of nitrogens with zero attached hydrogens (tertiary/aromatic N) is 4. The van der Waals surface area contributed by atoms with Gasteiger partial charge in [-0.1, -0.05) is 36.4 Å². The summed E-state index contributed by atoms with van der Waals surface area (Å²) in [7, 11) is 3.54. The van der Waals surface area contributed by atoms with Crippen LogP contribution in [0.25, 0.3) is 0 Å². The molecule has 1 saturated heterocycles. The van der Waals surface area contributed by atoms with E-state index in [-0.39, 0.29) is 24.0 Å². The number of anilines is 1. The van der Waals surface area contributed by atoms with E-state index in [1.54, 1.807) is 7.11 Å². The molecule has 1 fully saturated rings. The number of aromatic nitrogens is 2. The summed E-state index contributed by atoms with van der Waals surface area (Å²) in [5.41, 5.74) is 3.63. The lowest BCUT2D eigenvalue weighted by molar-refractivity contribution is 0.415. The lowest BCUT2D eigenvalue weighted by Crippen LogP contribution is -2.44. The average molecular weight is 546 g/mol. The van der Waals surface area contributed by atoms with Gasteiger partial charge in [-0.05, 0) is 35.7 Å². The first-order chi connectivity index (χ1) is 15.3. The number of hydrogen-bond donors (Lipinski definition) is 2. The van der Waals surface area contributed by atoms with Crippen LogP contribution in [0, 0.1) is 0 Å². The van der Waals surface area contributed by atoms with Gasteiger partial charge in [-0.15, -0.1) is 24.0 Å². The van der Waals surface area contributed by atoms with Crippen molar-refractivity contribution < 1.29 is 4.74 Å². The molecule has 32 heavy (non-hydrogen) atoms. The van der Waals surface area contributed by atoms with E-state index in [4.69, 9.17) is 4.74 Å². The van der Waals surface area contributed by atoms with Crippen LogP contribution < -0.4 is 20.3 Å². The van der Waals surface area contributed by atoms with Gasteiger partial charge in [0, 0.05) is 45.1 Å². The van der Waals surface area contributed by atoms with E-state index in [0.29, 0.717) is 12.6 Å². The Balaban J connectivity index is 0.00000289. The summed E-state index contributed by atoms with van der Waals surface area (Å²) in [5.74, 6) is 1.74. The molecule has 1 unspecified atom stereocenters. The van der Waals surface area contributed by atoms with Crippen molar-refractivity contribution in [2.45, 2.75) is 25.6 Å². The second kappa shape index (κ2) is 11.8. The molecule has 0 saturated carbocycles. The first-order valence-corrected chi connectivity index (χ1v) is 10.7. The molecule has 2 heterocycles. The zero-order valence-corrected chi connectivity index (χ0v) is 20.9. The Hall–Kier alpha value is -2.75. The van der Waals surface area contributed by atoms with Crippen LogP contribution in [0.2, 0.25) is 0 Å². The summed E-state index contributed by atoms with van der Waals surface area (Å²) in [6, 6.07) is 18.9. The number of halogens is 1. The van der Waals surface area contributed by atoms with Crippen LogP contribution in [0.1, 0.15) is 17.5 Å². The van der Waals surface area contributed by atoms with Crippen LogP contribution >= 0.6 is 24.0 Å². The fourth-order valence-electron chi connectivity index (χ4n) is 4.01. The minimum absolute atomic E-state index is 0. The molecule has 2 N–H and O–H groups in total. The van der Waals surface area contributed by atoms with E-state index >= 15 is 0 Å². The molecule has 3 aromatic rings. The molecular formula is C24H31IN6O. The number of rotatable bonds is 7. The van der Waals surface area contributed by atoms with Gasteiger partial charge < -0.3 is 20.3 Å². The summed E-state index contributed by atoms with van der Waals surface area (Å²) in [5, 5.41) is 11.4. The molecule has 0 bridgehead atoms. The Morgan fingerprint density at radius 1 is 1.12 bits per heavy atom. The van der Waals surface area contributed by atoms with E-state index in [9.17, 15) is 0 Å². The Labute approximate surface area is 206 Å². The topological polar surface area (TPSA) is 66.7 Å². The van der Waals surface area contributed by atoms with Crippen LogP contribution in [0.4, 0.5) is 5.69 Å². The number of para-hydroxylation sites is 2. The SMILES string of the molecule is CN=C(NCc1ccccc1Cn1cccn1)NC1CCN(c2ccccc2OC)C1.I. The lowest BCUT2D eigenvalue weighted by atomic mass is 10.1. The van der Waals surface area contributed by atoms with E-state index in [0.717, 1.165) is 43.5 Å². The van der Waals surface area contributed by atoms with Crippen molar-refractivity contribution in [2.75, 3.05) is 32.1 Å². The maximum absolute atomic E-state index is 5.53. The molecule has 1 aromatic heterocycles. The second-order valence-electron chi connectivity index (χ2n) is 7.65. The minimum atomic E-state index is 0. The third kappa shape index (κ3) is 5.93. The molecule has 170 valence electrons. The molecule has 1 aliphatic rings. The molecule has 0 spiro atoms. The maximum Gasteiger partial charge on any atom is 0.191 e. The van der Waals surface area contributed by atoms with Gasteiger partial charge in [0.05, 0.1) is 19.3 Å². The predicted octanol–water partition coefficient (Wildman–Crippen LogP) is 3.50. The lowest BCUT2D eigenvalue weighted by Gasteiger charge is -2.22. The summed E-state index contributed by atoms with van der Waals surface area (Å²) in [6.45, 7) is 3.37. The molecule has 8 heteroatoms. The normalized spacial score (nSPS) is 15.9. The first-order valence-electron chi connectivity index (χ1n) is 10.7. The number of ether oxygens (including phenoxy) is 1. The van der Waals surface area contributed by atoms with Crippen molar-refractivity contribution in [1.82, 2.24) is 20.4 Å². The number of nitrogens with one attached hydrogen (secondary N) is 2. The van der Waals surface area contributed by atoms with Crippen molar-refractivity contribution >= 4 is 35.6 Å². The molecule has 1 aliphatic heterocycles. The maximum atomic E-state index is 5.53. The minimum Gasteiger partial charge on any atom is -0.495 e. The predicted molar refractivity (Wildman–Crippen MR) is 140 cm³/mol. The standard InChI is InChI=1S/C24H30N6O.HI/c1-25-24(26-16-19-8-3-4-9-20(19)17-30-14-7-13-27-30)28-21-12-15-29(18-21)22-10-5-6-11-23(22)31-2;/h3-11,13-14,21H,12,15-18H2,1-2H3,(H2,25,26,28);1H. The largest absolute Gasteiger partial charge is 0.495 e. The fourth-order valence-corrected chi connectivity index (χ4v) is 4.01. The summed E-state index contributed by atoms with van der Waals surface area (Å²) in [6.07, 6.45) is 4.84. The third-order valence-corrected chi connectivity index (χ3v) is 5.63. The highest BCUT2D eigenvalue weighted by molar-refractivity contribution is 14.0. The van der Waals surface area contributed by atoms with E-state index in [1.807, 2.05) is 42.3 Å².